The van der Waals surface area contributed by atoms with Crippen LogP contribution in [0.15, 0.2) is 66.7 Å². The van der Waals surface area contributed by atoms with Gasteiger partial charge >= 0.3 is 0 Å². The van der Waals surface area contributed by atoms with E-state index >= 15 is 0 Å². The maximum Gasteiger partial charge on any atom is 0.226 e. The van der Waals surface area contributed by atoms with Gasteiger partial charge in [-0.2, -0.15) is 0 Å². The number of anilines is 2. The number of carbonyl (C=O) groups is 1. The van der Waals surface area contributed by atoms with Crippen molar-refractivity contribution in [1.29, 1.82) is 0 Å². The Balaban J connectivity index is 1.60. The first-order chi connectivity index (χ1) is 15.4. The number of carbonyl (C=O) groups excluding carboxylic acids is 1. The maximum atomic E-state index is 11.8. The van der Waals surface area contributed by atoms with E-state index in [1.54, 1.807) is 0 Å². The second-order valence-corrected chi connectivity index (χ2v) is 8.14. The molecule has 3 aromatic rings. The second-order valence-electron chi connectivity index (χ2n) is 7.70. The van der Waals surface area contributed by atoms with Crippen LogP contribution >= 0.6 is 11.6 Å². The maximum absolute atomic E-state index is 11.8. The number of nitrogens with one attached hydrogen (secondary N) is 2. The molecule has 0 bridgehead atoms. The van der Waals surface area contributed by atoms with Crippen molar-refractivity contribution in [3.8, 4) is 11.5 Å². The van der Waals surface area contributed by atoms with E-state index in [0.717, 1.165) is 22.5 Å². The monoisotopic (exact) mass is 452 g/mol. The number of rotatable bonds is 10. The van der Waals surface area contributed by atoms with Crippen molar-refractivity contribution in [1.82, 2.24) is 0 Å². The molecule has 0 saturated heterocycles. The predicted octanol–water partition coefficient (Wildman–Crippen LogP) is 6.52. The van der Waals surface area contributed by atoms with E-state index in [1.807, 2.05) is 87.5 Å². The van der Waals surface area contributed by atoms with Crippen molar-refractivity contribution < 1.29 is 14.3 Å². The Hall–Kier alpha value is -3.18. The smallest absolute Gasteiger partial charge is 0.226 e. The Morgan fingerprint density at radius 1 is 0.875 bits per heavy atom. The Bertz CT molecular complexity index is 1020. The van der Waals surface area contributed by atoms with Gasteiger partial charge in [0.05, 0.1) is 6.61 Å². The molecule has 0 aliphatic carbocycles. The normalized spacial score (nSPS) is 10.7. The quantitative estimate of drug-likeness (QED) is 0.367. The fourth-order valence-electron chi connectivity index (χ4n) is 2.95. The Morgan fingerprint density at radius 3 is 2.19 bits per heavy atom. The van der Waals surface area contributed by atoms with Gasteiger partial charge in [0.25, 0.3) is 0 Å². The summed E-state index contributed by atoms with van der Waals surface area (Å²) in [7, 11) is 0. The van der Waals surface area contributed by atoms with Crippen LogP contribution < -0.4 is 20.1 Å². The molecule has 0 aliphatic heterocycles. The van der Waals surface area contributed by atoms with Crippen molar-refractivity contribution >= 4 is 28.9 Å². The number of ether oxygens (including phenoxy) is 2. The summed E-state index contributed by atoms with van der Waals surface area (Å²) in [5.74, 6) is 1.38. The summed E-state index contributed by atoms with van der Waals surface area (Å²) >= 11 is 5.94. The molecule has 0 spiro atoms. The van der Waals surface area contributed by atoms with Gasteiger partial charge in [-0.1, -0.05) is 43.6 Å². The highest BCUT2D eigenvalue weighted by atomic mass is 35.5. The van der Waals surface area contributed by atoms with Crippen LogP contribution in [-0.4, -0.2) is 12.5 Å². The summed E-state index contributed by atoms with van der Waals surface area (Å²) < 4.78 is 11.8. The third kappa shape index (κ3) is 6.92. The molecule has 5 nitrogen and oxygen atoms in total. The number of halogens is 1. The average molecular weight is 453 g/mol. The number of hydrogen-bond donors (Lipinski definition) is 2. The highest BCUT2D eigenvalue weighted by molar-refractivity contribution is 6.30. The topological polar surface area (TPSA) is 59.6 Å². The van der Waals surface area contributed by atoms with Gasteiger partial charge in [-0.3, -0.25) is 4.79 Å². The van der Waals surface area contributed by atoms with Crippen molar-refractivity contribution in [2.45, 2.75) is 33.9 Å². The largest absolute Gasteiger partial charge is 0.490 e. The zero-order chi connectivity index (χ0) is 22.9. The summed E-state index contributed by atoms with van der Waals surface area (Å²) in [4.78, 5) is 11.8. The second kappa shape index (κ2) is 11.4. The van der Waals surface area contributed by atoms with Crippen LogP contribution in [0, 0.1) is 5.92 Å². The Labute approximate surface area is 194 Å². The van der Waals surface area contributed by atoms with Gasteiger partial charge < -0.3 is 20.1 Å². The van der Waals surface area contributed by atoms with Gasteiger partial charge in [0.1, 0.15) is 6.61 Å². The van der Waals surface area contributed by atoms with Crippen LogP contribution in [0.1, 0.15) is 31.9 Å². The molecule has 0 unspecified atom stereocenters. The molecule has 0 heterocycles. The molecule has 0 fully saturated rings. The van der Waals surface area contributed by atoms with E-state index in [1.165, 1.54) is 0 Å². The molecular formula is C26H29ClN2O3. The highest BCUT2D eigenvalue weighted by Gasteiger charge is 2.09. The molecule has 0 aromatic heterocycles. The first kappa shape index (κ1) is 23.5. The average Bonchev–Trinajstić information content (AvgIpc) is 2.79. The minimum atomic E-state index is -0.0505. The van der Waals surface area contributed by atoms with Crippen LogP contribution in [0.2, 0.25) is 5.02 Å². The SMILES string of the molecule is CCOc1cc(CNc2ccc(NC(=O)C(C)C)cc2)ccc1OCc1ccc(Cl)cc1. The van der Waals surface area contributed by atoms with E-state index in [0.29, 0.717) is 36.3 Å². The summed E-state index contributed by atoms with van der Waals surface area (Å²) in [6.07, 6.45) is 0. The molecule has 0 atom stereocenters. The third-order valence-corrected chi connectivity index (χ3v) is 5.04. The first-order valence-corrected chi connectivity index (χ1v) is 11.1. The zero-order valence-corrected chi connectivity index (χ0v) is 19.4. The van der Waals surface area contributed by atoms with Crippen molar-refractivity contribution in [3.63, 3.8) is 0 Å². The lowest BCUT2D eigenvalue weighted by molar-refractivity contribution is -0.118. The van der Waals surface area contributed by atoms with Gasteiger partial charge in [0.2, 0.25) is 5.91 Å². The van der Waals surface area contributed by atoms with Gasteiger partial charge in [-0.15, -0.1) is 0 Å². The molecule has 3 aromatic carbocycles. The van der Waals surface area contributed by atoms with Crippen LogP contribution in [0.5, 0.6) is 11.5 Å². The first-order valence-electron chi connectivity index (χ1n) is 10.7. The van der Waals surface area contributed by atoms with Gasteiger partial charge in [0.15, 0.2) is 11.5 Å². The number of benzene rings is 3. The third-order valence-electron chi connectivity index (χ3n) is 4.79. The molecule has 1 amide bonds. The lowest BCUT2D eigenvalue weighted by Gasteiger charge is -2.14. The minimum Gasteiger partial charge on any atom is -0.490 e. The van der Waals surface area contributed by atoms with Crippen LogP contribution in [0.4, 0.5) is 11.4 Å². The number of hydrogen-bond acceptors (Lipinski definition) is 4. The van der Waals surface area contributed by atoms with Crippen LogP contribution in [-0.2, 0) is 17.9 Å². The Morgan fingerprint density at radius 2 is 1.53 bits per heavy atom. The molecule has 3 rings (SSSR count). The van der Waals surface area contributed by atoms with E-state index < -0.39 is 0 Å². The highest BCUT2D eigenvalue weighted by Crippen LogP contribution is 2.30. The summed E-state index contributed by atoms with van der Waals surface area (Å²) in [5.41, 5.74) is 3.86. The molecule has 0 radical (unpaired) electrons. The van der Waals surface area contributed by atoms with Gasteiger partial charge in [0, 0.05) is 28.9 Å². The molecule has 6 heteroatoms. The molecule has 32 heavy (non-hydrogen) atoms. The van der Waals surface area contributed by atoms with Gasteiger partial charge in [-0.05, 0) is 66.6 Å². The summed E-state index contributed by atoms with van der Waals surface area (Å²) in [6, 6.07) is 21.2. The predicted molar refractivity (Wildman–Crippen MR) is 131 cm³/mol. The molecule has 0 aliphatic rings. The molecular weight excluding hydrogens is 424 g/mol. The van der Waals surface area contributed by atoms with Gasteiger partial charge in [-0.25, -0.2) is 0 Å². The molecule has 168 valence electrons. The zero-order valence-electron chi connectivity index (χ0n) is 18.7. The lowest BCUT2D eigenvalue weighted by Crippen LogP contribution is -2.17. The van der Waals surface area contributed by atoms with E-state index in [-0.39, 0.29) is 11.8 Å². The van der Waals surface area contributed by atoms with Crippen molar-refractivity contribution in [2.75, 3.05) is 17.2 Å². The number of amides is 1. The molecule has 0 saturated carbocycles. The van der Waals surface area contributed by atoms with Crippen LogP contribution in [0.3, 0.4) is 0 Å². The van der Waals surface area contributed by atoms with Crippen LogP contribution in [0.25, 0.3) is 0 Å². The van der Waals surface area contributed by atoms with E-state index in [9.17, 15) is 4.79 Å². The Kier molecular flexibility index (Phi) is 8.40. The van der Waals surface area contributed by atoms with E-state index in [4.69, 9.17) is 21.1 Å². The molecule has 2 N–H and O–H groups in total. The fraction of sp³-hybridized carbons (Fsp3) is 0.269. The van der Waals surface area contributed by atoms with E-state index in [2.05, 4.69) is 10.6 Å². The fourth-order valence-corrected chi connectivity index (χ4v) is 3.08. The van der Waals surface area contributed by atoms with Crippen molar-refractivity contribution in [2.24, 2.45) is 5.92 Å². The lowest BCUT2D eigenvalue weighted by atomic mass is 10.2. The summed E-state index contributed by atoms with van der Waals surface area (Å²) in [6.45, 7) is 7.32. The standard InChI is InChI=1S/C26H29ClN2O3/c1-4-31-25-15-20(7-14-24(25)32-17-19-5-8-21(27)9-6-19)16-28-22-10-12-23(13-11-22)29-26(30)18(2)3/h5-15,18,28H,4,16-17H2,1-3H3,(H,29,30). The van der Waals surface area contributed by atoms with Crippen molar-refractivity contribution in [3.05, 3.63) is 82.9 Å². The summed E-state index contributed by atoms with van der Waals surface area (Å²) in [5, 5.41) is 6.99. The minimum absolute atomic E-state index is 0.00698.